The fourth-order valence-corrected chi connectivity index (χ4v) is 2.87. The smallest absolute Gasteiger partial charge is 0.0594 e. The average Bonchev–Trinajstić information content (AvgIpc) is 2.80. The fraction of sp³-hybridized carbons (Fsp3) is 1.00. The van der Waals surface area contributed by atoms with E-state index < -0.39 is 0 Å². The quantitative estimate of drug-likeness (QED) is 0.703. The molecule has 0 aromatic carbocycles. The minimum Gasteiger partial charge on any atom is -0.377 e. The maximum Gasteiger partial charge on any atom is 0.0594 e. The van der Waals surface area contributed by atoms with Gasteiger partial charge < -0.3 is 15.8 Å². The molecular formula is C13H26N2O. The lowest BCUT2D eigenvalue weighted by molar-refractivity contribution is 0.0584. The van der Waals surface area contributed by atoms with Crippen molar-refractivity contribution in [3.05, 3.63) is 0 Å². The summed E-state index contributed by atoms with van der Waals surface area (Å²) in [6.07, 6.45) is 10.7. The Labute approximate surface area is 99.1 Å². The van der Waals surface area contributed by atoms with E-state index >= 15 is 0 Å². The van der Waals surface area contributed by atoms with Crippen LogP contribution in [0.25, 0.3) is 0 Å². The number of rotatable bonds is 5. The van der Waals surface area contributed by atoms with Gasteiger partial charge in [-0.25, -0.2) is 0 Å². The van der Waals surface area contributed by atoms with Gasteiger partial charge in [-0.1, -0.05) is 12.8 Å². The van der Waals surface area contributed by atoms with E-state index in [1.165, 1.54) is 51.4 Å². The van der Waals surface area contributed by atoms with E-state index in [0.717, 1.165) is 13.2 Å². The molecule has 0 saturated heterocycles. The molecule has 0 aromatic heterocycles. The second-order valence-corrected chi connectivity index (χ2v) is 5.34. The normalized spacial score (nSPS) is 32.1. The molecule has 0 unspecified atom stereocenters. The van der Waals surface area contributed by atoms with Crippen LogP contribution in [0.2, 0.25) is 0 Å². The van der Waals surface area contributed by atoms with Crippen molar-refractivity contribution in [3.8, 4) is 0 Å². The van der Waals surface area contributed by atoms with Crippen molar-refractivity contribution < 1.29 is 4.74 Å². The van der Waals surface area contributed by atoms with Crippen molar-refractivity contribution >= 4 is 0 Å². The Morgan fingerprint density at radius 3 is 2.38 bits per heavy atom. The van der Waals surface area contributed by atoms with Crippen LogP contribution >= 0.6 is 0 Å². The highest BCUT2D eigenvalue weighted by atomic mass is 16.5. The van der Waals surface area contributed by atoms with Gasteiger partial charge in [-0.05, 0) is 38.5 Å². The zero-order chi connectivity index (χ0) is 11.2. The number of nitrogens with one attached hydrogen (secondary N) is 1. The van der Waals surface area contributed by atoms with Gasteiger partial charge in [0, 0.05) is 18.6 Å². The van der Waals surface area contributed by atoms with Gasteiger partial charge in [0.25, 0.3) is 0 Å². The predicted octanol–water partition coefficient (Wildman–Crippen LogP) is 1.81. The number of hydrogen-bond acceptors (Lipinski definition) is 3. The predicted molar refractivity (Wildman–Crippen MR) is 66.4 cm³/mol. The molecule has 16 heavy (non-hydrogen) atoms. The maximum absolute atomic E-state index is 5.88. The van der Waals surface area contributed by atoms with Crippen LogP contribution in [-0.2, 0) is 4.74 Å². The Morgan fingerprint density at radius 2 is 1.69 bits per heavy atom. The largest absolute Gasteiger partial charge is 0.377 e. The highest BCUT2D eigenvalue weighted by Crippen LogP contribution is 2.20. The van der Waals surface area contributed by atoms with Gasteiger partial charge in [-0.15, -0.1) is 0 Å². The van der Waals surface area contributed by atoms with Crippen LogP contribution in [0.4, 0.5) is 0 Å². The van der Waals surface area contributed by atoms with Crippen molar-refractivity contribution in [2.45, 2.75) is 69.6 Å². The van der Waals surface area contributed by atoms with Gasteiger partial charge in [-0.3, -0.25) is 0 Å². The number of nitrogens with two attached hydrogens (primary N) is 1. The SMILES string of the molecule is NC1CCC(NCCOC2CCCC2)CC1. The Balaban J connectivity index is 1.48. The van der Waals surface area contributed by atoms with Gasteiger partial charge >= 0.3 is 0 Å². The first-order valence-electron chi connectivity index (χ1n) is 6.95. The lowest BCUT2D eigenvalue weighted by Crippen LogP contribution is -2.39. The van der Waals surface area contributed by atoms with Crippen LogP contribution in [0.15, 0.2) is 0 Å². The molecule has 0 aromatic rings. The Kier molecular flexibility index (Phi) is 5.07. The molecule has 0 spiro atoms. The number of ether oxygens (including phenoxy) is 1. The van der Waals surface area contributed by atoms with Gasteiger partial charge in [0.05, 0.1) is 12.7 Å². The van der Waals surface area contributed by atoms with Crippen molar-refractivity contribution in [2.24, 2.45) is 5.73 Å². The Hall–Kier alpha value is -0.120. The lowest BCUT2D eigenvalue weighted by atomic mass is 9.92. The summed E-state index contributed by atoms with van der Waals surface area (Å²) in [4.78, 5) is 0. The van der Waals surface area contributed by atoms with Gasteiger partial charge in [0.1, 0.15) is 0 Å². The summed E-state index contributed by atoms with van der Waals surface area (Å²) in [7, 11) is 0. The molecule has 3 nitrogen and oxygen atoms in total. The topological polar surface area (TPSA) is 47.3 Å². The molecule has 2 saturated carbocycles. The van der Waals surface area contributed by atoms with Crippen LogP contribution in [-0.4, -0.2) is 31.3 Å². The zero-order valence-corrected chi connectivity index (χ0v) is 10.3. The maximum atomic E-state index is 5.88. The zero-order valence-electron chi connectivity index (χ0n) is 10.3. The molecule has 94 valence electrons. The van der Waals surface area contributed by atoms with E-state index in [4.69, 9.17) is 10.5 Å². The molecule has 0 atom stereocenters. The summed E-state index contributed by atoms with van der Waals surface area (Å²) in [6.45, 7) is 1.89. The molecule has 2 fully saturated rings. The summed E-state index contributed by atoms with van der Waals surface area (Å²) in [5.74, 6) is 0. The molecule has 3 N–H and O–H groups in total. The van der Waals surface area contributed by atoms with Gasteiger partial charge in [-0.2, -0.15) is 0 Å². The molecule has 0 amide bonds. The minimum atomic E-state index is 0.452. The summed E-state index contributed by atoms with van der Waals surface area (Å²) < 4.78 is 5.83. The van der Waals surface area contributed by atoms with Crippen molar-refractivity contribution in [1.29, 1.82) is 0 Å². The van der Waals surface area contributed by atoms with Gasteiger partial charge in [0.2, 0.25) is 0 Å². The van der Waals surface area contributed by atoms with Crippen molar-refractivity contribution in [3.63, 3.8) is 0 Å². The molecule has 0 radical (unpaired) electrons. The standard InChI is InChI=1S/C13H26N2O/c14-11-5-7-12(8-6-11)15-9-10-16-13-3-1-2-4-13/h11-13,15H,1-10,14H2. The monoisotopic (exact) mass is 226 g/mol. The Bertz CT molecular complexity index is 184. The molecule has 2 aliphatic carbocycles. The molecule has 0 aliphatic heterocycles. The van der Waals surface area contributed by atoms with Crippen LogP contribution in [0.3, 0.4) is 0 Å². The Morgan fingerprint density at radius 1 is 1.00 bits per heavy atom. The van der Waals surface area contributed by atoms with E-state index in [9.17, 15) is 0 Å². The van der Waals surface area contributed by atoms with Crippen molar-refractivity contribution in [2.75, 3.05) is 13.2 Å². The highest BCUT2D eigenvalue weighted by Gasteiger charge is 2.18. The molecule has 2 rings (SSSR count). The average molecular weight is 226 g/mol. The molecule has 2 aliphatic rings. The molecule has 0 bridgehead atoms. The van der Waals surface area contributed by atoms with Crippen LogP contribution in [0.5, 0.6) is 0 Å². The first-order chi connectivity index (χ1) is 7.84. The van der Waals surface area contributed by atoms with E-state index in [1.807, 2.05) is 0 Å². The second kappa shape index (κ2) is 6.58. The van der Waals surface area contributed by atoms with E-state index in [1.54, 1.807) is 0 Å². The van der Waals surface area contributed by atoms with Crippen LogP contribution in [0, 0.1) is 0 Å². The van der Waals surface area contributed by atoms with E-state index in [-0.39, 0.29) is 0 Å². The second-order valence-electron chi connectivity index (χ2n) is 5.34. The summed E-state index contributed by atoms with van der Waals surface area (Å²) in [6, 6.07) is 1.14. The van der Waals surface area contributed by atoms with Crippen LogP contribution < -0.4 is 11.1 Å². The third-order valence-electron chi connectivity index (χ3n) is 3.96. The lowest BCUT2D eigenvalue weighted by Gasteiger charge is -2.27. The fourth-order valence-electron chi connectivity index (χ4n) is 2.87. The van der Waals surface area contributed by atoms with Gasteiger partial charge in [0.15, 0.2) is 0 Å². The van der Waals surface area contributed by atoms with E-state index in [0.29, 0.717) is 18.2 Å². The molecule has 0 heterocycles. The third-order valence-corrected chi connectivity index (χ3v) is 3.96. The highest BCUT2D eigenvalue weighted by molar-refractivity contribution is 4.78. The summed E-state index contributed by atoms with van der Waals surface area (Å²) in [5.41, 5.74) is 5.88. The third kappa shape index (κ3) is 4.04. The van der Waals surface area contributed by atoms with Crippen LogP contribution in [0.1, 0.15) is 51.4 Å². The summed E-state index contributed by atoms with van der Waals surface area (Å²) >= 11 is 0. The molecule has 3 heteroatoms. The minimum absolute atomic E-state index is 0.452. The van der Waals surface area contributed by atoms with Crippen molar-refractivity contribution in [1.82, 2.24) is 5.32 Å². The summed E-state index contributed by atoms with van der Waals surface area (Å²) in [5, 5.41) is 3.59. The first kappa shape index (κ1) is 12.3. The molecular weight excluding hydrogens is 200 g/mol. The first-order valence-corrected chi connectivity index (χ1v) is 6.95. The number of hydrogen-bond donors (Lipinski definition) is 2. The van der Waals surface area contributed by atoms with E-state index in [2.05, 4.69) is 5.32 Å².